The van der Waals surface area contributed by atoms with Gasteiger partial charge < -0.3 is 24.5 Å². The minimum atomic E-state index is -0.765. The van der Waals surface area contributed by atoms with Crippen molar-refractivity contribution < 1.29 is 33.4 Å². The Kier molecular flexibility index (Phi) is 5.16. The molecule has 0 radical (unpaired) electrons. The van der Waals surface area contributed by atoms with Gasteiger partial charge in [-0.1, -0.05) is 0 Å². The highest BCUT2D eigenvalue weighted by Crippen LogP contribution is 2.28. The summed E-state index contributed by atoms with van der Waals surface area (Å²) < 4.78 is 15.0. The summed E-state index contributed by atoms with van der Waals surface area (Å²) in [7, 11) is 1.25. The van der Waals surface area contributed by atoms with Crippen LogP contribution in [0.1, 0.15) is 42.5 Å². The topological polar surface area (TPSA) is 124 Å². The molecule has 3 rings (SSSR count). The summed E-state index contributed by atoms with van der Waals surface area (Å²) in [6.07, 6.45) is 0. The van der Waals surface area contributed by atoms with E-state index in [0.29, 0.717) is 22.7 Å². The highest BCUT2D eigenvalue weighted by molar-refractivity contribution is 6.03. The quantitative estimate of drug-likeness (QED) is 0.593. The minimum Gasteiger partial charge on any atom is -0.482 e. The van der Waals surface area contributed by atoms with Gasteiger partial charge in [0.1, 0.15) is 11.4 Å². The molecule has 0 fully saturated rings. The summed E-state index contributed by atoms with van der Waals surface area (Å²) >= 11 is 0. The van der Waals surface area contributed by atoms with Crippen molar-refractivity contribution >= 4 is 29.3 Å². The summed E-state index contributed by atoms with van der Waals surface area (Å²) in [5.74, 6) is -1.65. The Balaban J connectivity index is 1.70. The molecule has 2 heterocycles. The van der Waals surface area contributed by atoms with Crippen molar-refractivity contribution in [3.05, 3.63) is 46.3 Å². The van der Waals surface area contributed by atoms with E-state index < -0.39 is 24.3 Å². The Morgan fingerprint density at radius 3 is 2.64 bits per heavy atom. The lowest BCUT2D eigenvalue weighted by atomic mass is 10.1. The first kappa shape index (κ1) is 19.2. The third-order valence-corrected chi connectivity index (χ3v) is 4.30. The molecule has 1 aromatic heterocycles. The summed E-state index contributed by atoms with van der Waals surface area (Å²) in [5, 5.41) is 2.61. The van der Waals surface area contributed by atoms with Gasteiger partial charge in [-0.3, -0.25) is 9.59 Å². The van der Waals surface area contributed by atoms with Crippen molar-refractivity contribution in [1.29, 1.82) is 0 Å². The number of Topliss-reactive ketones (excluding diaryl/α,β-unsaturated/α-hetero) is 1. The van der Waals surface area contributed by atoms with E-state index in [-0.39, 0.29) is 29.3 Å². The van der Waals surface area contributed by atoms with Crippen LogP contribution in [0.15, 0.2) is 18.2 Å². The van der Waals surface area contributed by atoms with Crippen LogP contribution >= 0.6 is 0 Å². The number of ether oxygens (including phenoxy) is 3. The fraction of sp³-hybridized carbons (Fsp3) is 0.263. The second kappa shape index (κ2) is 7.55. The molecule has 0 bridgehead atoms. The van der Waals surface area contributed by atoms with Gasteiger partial charge in [0.15, 0.2) is 19.0 Å². The van der Waals surface area contributed by atoms with Gasteiger partial charge in [-0.25, -0.2) is 9.59 Å². The number of ketones is 1. The maximum Gasteiger partial charge on any atom is 0.355 e. The zero-order valence-electron chi connectivity index (χ0n) is 15.5. The molecule has 1 aliphatic heterocycles. The van der Waals surface area contributed by atoms with Gasteiger partial charge in [0.25, 0.3) is 5.91 Å². The van der Waals surface area contributed by atoms with Crippen molar-refractivity contribution in [3.8, 4) is 5.75 Å². The molecule has 0 saturated carbocycles. The predicted molar refractivity (Wildman–Crippen MR) is 96.8 cm³/mol. The predicted octanol–water partition coefficient (Wildman–Crippen LogP) is 1.79. The van der Waals surface area contributed by atoms with E-state index in [1.165, 1.54) is 19.2 Å². The lowest BCUT2D eigenvalue weighted by Gasteiger charge is -2.18. The third kappa shape index (κ3) is 3.59. The highest BCUT2D eigenvalue weighted by Gasteiger charge is 2.24. The molecular formula is C19H18N2O7. The number of H-pyrrole nitrogens is 1. The van der Waals surface area contributed by atoms with Crippen LogP contribution in [0.3, 0.4) is 0 Å². The fourth-order valence-electron chi connectivity index (χ4n) is 2.91. The number of rotatable bonds is 5. The minimum absolute atomic E-state index is 0.0804. The summed E-state index contributed by atoms with van der Waals surface area (Å²) in [6.45, 7) is 2.63. The molecule has 0 unspecified atom stereocenters. The van der Waals surface area contributed by atoms with E-state index in [2.05, 4.69) is 10.3 Å². The Morgan fingerprint density at radius 2 is 1.93 bits per heavy atom. The number of carbonyl (C=O) groups is 4. The van der Waals surface area contributed by atoms with Crippen molar-refractivity contribution in [3.63, 3.8) is 0 Å². The van der Waals surface area contributed by atoms with Crippen molar-refractivity contribution in [2.45, 2.75) is 13.8 Å². The molecule has 2 N–H and O–H groups in total. The van der Waals surface area contributed by atoms with Crippen LogP contribution in [0.4, 0.5) is 5.69 Å². The van der Waals surface area contributed by atoms with E-state index in [1.54, 1.807) is 19.9 Å². The van der Waals surface area contributed by atoms with Gasteiger partial charge in [-0.05, 0) is 37.6 Å². The van der Waals surface area contributed by atoms with Crippen LogP contribution < -0.4 is 10.1 Å². The second-order valence-corrected chi connectivity index (χ2v) is 6.16. The van der Waals surface area contributed by atoms with Gasteiger partial charge in [-0.2, -0.15) is 0 Å². The number of aromatic nitrogens is 1. The SMILES string of the molecule is COC(=O)c1c(C)[nH]c(C(=O)OCC(=O)c2ccc3c(c2)NC(=O)CO3)c1C. The van der Waals surface area contributed by atoms with Crippen LogP contribution in [-0.4, -0.2) is 48.9 Å². The van der Waals surface area contributed by atoms with Gasteiger partial charge in [0.05, 0.1) is 18.4 Å². The monoisotopic (exact) mass is 386 g/mol. The van der Waals surface area contributed by atoms with Gasteiger partial charge in [-0.15, -0.1) is 0 Å². The largest absolute Gasteiger partial charge is 0.482 e. The average Bonchev–Trinajstić information content (AvgIpc) is 2.98. The summed E-state index contributed by atoms with van der Waals surface area (Å²) in [6, 6.07) is 4.54. The number of fused-ring (bicyclic) bond motifs is 1. The Labute approximate surface area is 160 Å². The van der Waals surface area contributed by atoms with Crippen molar-refractivity contribution in [2.75, 3.05) is 25.6 Å². The number of nitrogens with one attached hydrogen (secondary N) is 2. The molecule has 1 aromatic carbocycles. The first-order chi connectivity index (χ1) is 13.3. The Hall–Kier alpha value is -3.62. The normalized spacial score (nSPS) is 12.5. The van der Waals surface area contributed by atoms with Crippen molar-refractivity contribution in [1.82, 2.24) is 4.98 Å². The van der Waals surface area contributed by atoms with Gasteiger partial charge >= 0.3 is 11.9 Å². The lowest BCUT2D eigenvalue weighted by molar-refractivity contribution is -0.118. The number of benzene rings is 1. The number of carbonyl (C=O) groups excluding carboxylic acids is 4. The van der Waals surface area contributed by atoms with Gasteiger partial charge in [0, 0.05) is 11.3 Å². The Bertz CT molecular complexity index is 990. The molecule has 2 aromatic rings. The number of aromatic amines is 1. The molecule has 9 nitrogen and oxygen atoms in total. The Morgan fingerprint density at radius 1 is 1.18 bits per heavy atom. The highest BCUT2D eigenvalue weighted by atomic mass is 16.5. The molecule has 0 atom stereocenters. The number of esters is 2. The fourth-order valence-corrected chi connectivity index (χ4v) is 2.91. The number of anilines is 1. The molecule has 0 aliphatic carbocycles. The smallest absolute Gasteiger partial charge is 0.355 e. The maximum absolute atomic E-state index is 12.3. The summed E-state index contributed by atoms with van der Waals surface area (Å²) in [4.78, 5) is 50.6. The summed E-state index contributed by atoms with van der Waals surface area (Å²) in [5.41, 5.74) is 1.82. The molecule has 1 aliphatic rings. The lowest BCUT2D eigenvalue weighted by Crippen LogP contribution is -2.25. The number of hydrogen-bond acceptors (Lipinski definition) is 7. The molecule has 9 heteroatoms. The van der Waals surface area contributed by atoms with E-state index in [1.807, 2.05) is 0 Å². The van der Waals surface area contributed by atoms with E-state index in [4.69, 9.17) is 14.2 Å². The van der Waals surface area contributed by atoms with E-state index in [9.17, 15) is 19.2 Å². The third-order valence-electron chi connectivity index (χ3n) is 4.30. The van der Waals surface area contributed by atoms with Crippen LogP contribution in [0.25, 0.3) is 0 Å². The van der Waals surface area contributed by atoms with E-state index >= 15 is 0 Å². The average molecular weight is 386 g/mol. The maximum atomic E-state index is 12.3. The first-order valence-electron chi connectivity index (χ1n) is 8.36. The van der Waals surface area contributed by atoms with E-state index in [0.717, 1.165) is 0 Å². The van der Waals surface area contributed by atoms with Crippen LogP contribution in [0.5, 0.6) is 5.75 Å². The molecule has 0 saturated heterocycles. The van der Waals surface area contributed by atoms with Gasteiger partial charge in [0.2, 0.25) is 0 Å². The molecule has 146 valence electrons. The molecule has 28 heavy (non-hydrogen) atoms. The molecule has 1 amide bonds. The number of aryl methyl sites for hydroxylation is 1. The standard InChI is InChI=1S/C19H18N2O7/c1-9-16(18(24)26-3)10(2)20-17(9)19(25)28-7-13(22)11-4-5-14-12(6-11)21-15(23)8-27-14/h4-6,20H,7-8H2,1-3H3,(H,21,23). The zero-order valence-corrected chi connectivity index (χ0v) is 15.5. The van der Waals surface area contributed by atoms with Crippen LogP contribution in [0.2, 0.25) is 0 Å². The van der Waals surface area contributed by atoms with Crippen molar-refractivity contribution in [2.24, 2.45) is 0 Å². The number of methoxy groups -OCH3 is 1. The van der Waals surface area contributed by atoms with Crippen LogP contribution in [-0.2, 0) is 14.3 Å². The molecule has 0 spiro atoms. The zero-order chi connectivity index (χ0) is 20.4. The second-order valence-electron chi connectivity index (χ2n) is 6.16. The molecular weight excluding hydrogens is 368 g/mol. The van der Waals surface area contributed by atoms with Crippen LogP contribution in [0, 0.1) is 13.8 Å². The first-order valence-corrected chi connectivity index (χ1v) is 8.36. The number of amides is 1. The number of hydrogen-bond donors (Lipinski definition) is 2.